The number of carbonyl (C=O) groups excluding carboxylic acids is 2. The number of para-hydroxylation sites is 1. The predicted molar refractivity (Wildman–Crippen MR) is 121 cm³/mol. The summed E-state index contributed by atoms with van der Waals surface area (Å²) in [7, 11) is -3.85. The molecule has 10 nitrogen and oxygen atoms in total. The lowest BCUT2D eigenvalue weighted by molar-refractivity contribution is -0.384. The molecule has 0 heterocycles. The highest BCUT2D eigenvalue weighted by Crippen LogP contribution is 2.26. The molecule has 170 valence electrons. The molecule has 3 aromatic rings. The molecule has 0 atom stereocenters. The number of nitrogens with zero attached hydrogens (tertiary/aromatic N) is 1. The molecular formula is C21H16ClN3O7S. The van der Waals surface area contributed by atoms with E-state index >= 15 is 0 Å². The van der Waals surface area contributed by atoms with Crippen LogP contribution in [-0.2, 0) is 19.6 Å². The molecule has 0 bridgehead atoms. The Labute approximate surface area is 193 Å². The highest BCUT2D eigenvalue weighted by molar-refractivity contribution is 7.92. The molecule has 33 heavy (non-hydrogen) atoms. The van der Waals surface area contributed by atoms with Gasteiger partial charge in [0.2, 0.25) is 0 Å². The first-order valence-electron chi connectivity index (χ1n) is 9.24. The van der Waals surface area contributed by atoms with E-state index in [2.05, 4.69) is 10.0 Å². The van der Waals surface area contributed by atoms with E-state index in [1.165, 1.54) is 30.3 Å². The molecule has 12 heteroatoms. The van der Waals surface area contributed by atoms with Crippen LogP contribution in [0.2, 0.25) is 5.02 Å². The Morgan fingerprint density at radius 3 is 2.27 bits per heavy atom. The SMILES string of the molecule is O=C(COC(=O)c1ccc(S(=O)(=O)Nc2ccccc2)cc1)Nc1ccc([N+](=O)[O-])cc1Cl. The maximum Gasteiger partial charge on any atom is 0.338 e. The Morgan fingerprint density at radius 2 is 1.67 bits per heavy atom. The van der Waals surface area contributed by atoms with Gasteiger partial charge in [0.1, 0.15) is 0 Å². The molecule has 0 unspecified atom stereocenters. The van der Waals surface area contributed by atoms with E-state index in [-0.39, 0.29) is 26.9 Å². The lowest BCUT2D eigenvalue weighted by Crippen LogP contribution is -2.21. The highest BCUT2D eigenvalue weighted by Gasteiger charge is 2.17. The number of benzene rings is 3. The molecule has 0 saturated heterocycles. The molecule has 0 aliphatic rings. The topological polar surface area (TPSA) is 145 Å². The summed E-state index contributed by atoms with van der Waals surface area (Å²) in [4.78, 5) is 34.2. The van der Waals surface area contributed by atoms with E-state index in [1.807, 2.05) is 0 Å². The number of nitro benzene ring substituents is 1. The number of sulfonamides is 1. The zero-order valence-corrected chi connectivity index (χ0v) is 18.3. The molecule has 0 aliphatic heterocycles. The lowest BCUT2D eigenvalue weighted by Gasteiger charge is -2.09. The number of carbonyl (C=O) groups is 2. The Balaban J connectivity index is 1.57. The standard InChI is InChI=1S/C21H16ClN3O7S/c22-18-12-16(25(28)29)8-11-19(18)23-20(26)13-32-21(27)14-6-9-17(10-7-14)33(30,31)24-15-4-2-1-3-5-15/h1-12,24H,13H2,(H,23,26). The van der Waals surface area contributed by atoms with Crippen LogP contribution in [0.25, 0.3) is 0 Å². The summed E-state index contributed by atoms with van der Waals surface area (Å²) in [5.74, 6) is -1.56. The van der Waals surface area contributed by atoms with E-state index < -0.39 is 33.4 Å². The number of hydrogen-bond acceptors (Lipinski definition) is 7. The summed E-state index contributed by atoms with van der Waals surface area (Å²) >= 11 is 5.90. The largest absolute Gasteiger partial charge is 0.452 e. The summed E-state index contributed by atoms with van der Waals surface area (Å²) in [6, 6.07) is 16.8. The van der Waals surface area contributed by atoms with Gasteiger partial charge in [-0.25, -0.2) is 13.2 Å². The second-order valence-electron chi connectivity index (χ2n) is 6.54. The summed E-state index contributed by atoms with van der Waals surface area (Å²) < 4.78 is 32.2. The maximum atomic E-state index is 12.4. The van der Waals surface area contributed by atoms with Crippen LogP contribution in [0.3, 0.4) is 0 Å². The van der Waals surface area contributed by atoms with Crippen LogP contribution >= 0.6 is 11.6 Å². The van der Waals surface area contributed by atoms with Gasteiger partial charge in [-0.15, -0.1) is 0 Å². The molecule has 0 radical (unpaired) electrons. The van der Waals surface area contributed by atoms with Crippen molar-refractivity contribution in [1.82, 2.24) is 0 Å². The average molecular weight is 490 g/mol. The van der Waals surface area contributed by atoms with E-state index in [9.17, 15) is 28.1 Å². The summed E-state index contributed by atoms with van der Waals surface area (Å²) in [6.07, 6.45) is 0. The Hall–Kier alpha value is -3.96. The number of rotatable bonds is 8. The minimum absolute atomic E-state index is 0.0369. The number of anilines is 2. The van der Waals surface area contributed by atoms with Crippen LogP contribution in [0.1, 0.15) is 10.4 Å². The minimum Gasteiger partial charge on any atom is -0.452 e. The van der Waals surface area contributed by atoms with Gasteiger partial charge in [-0.05, 0) is 42.5 Å². The molecule has 3 aromatic carbocycles. The smallest absolute Gasteiger partial charge is 0.338 e. The first-order chi connectivity index (χ1) is 15.7. The molecule has 0 saturated carbocycles. The third-order valence-corrected chi connectivity index (χ3v) is 5.91. The summed E-state index contributed by atoms with van der Waals surface area (Å²) in [5.41, 5.74) is 0.299. The predicted octanol–water partition coefficient (Wildman–Crippen LogP) is 3.84. The molecular weight excluding hydrogens is 474 g/mol. The van der Waals surface area contributed by atoms with Crippen molar-refractivity contribution in [3.05, 3.63) is 93.5 Å². The number of ether oxygens (including phenoxy) is 1. The fourth-order valence-corrected chi connectivity index (χ4v) is 3.89. The van der Waals surface area contributed by atoms with Gasteiger partial charge < -0.3 is 10.1 Å². The number of amides is 1. The number of halogens is 1. The number of esters is 1. The first-order valence-corrected chi connectivity index (χ1v) is 11.1. The van der Waals surface area contributed by atoms with Crippen molar-refractivity contribution >= 4 is 50.6 Å². The number of nitro groups is 1. The van der Waals surface area contributed by atoms with Gasteiger partial charge in [-0.2, -0.15) is 0 Å². The number of non-ortho nitro benzene ring substituents is 1. The quantitative estimate of drug-likeness (QED) is 0.277. The van der Waals surface area contributed by atoms with Gasteiger partial charge in [0.05, 0.1) is 26.1 Å². The lowest BCUT2D eigenvalue weighted by atomic mass is 10.2. The van der Waals surface area contributed by atoms with Crippen molar-refractivity contribution in [1.29, 1.82) is 0 Å². The molecule has 0 spiro atoms. The maximum absolute atomic E-state index is 12.4. The first kappa shape index (κ1) is 23.7. The second-order valence-corrected chi connectivity index (χ2v) is 8.63. The van der Waals surface area contributed by atoms with E-state index in [4.69, 9.17) is 16.3 Å². The van der Waals surface area contributed by atoms with Crippen LogP contribution in [0, 0.1) is 10.1 Å². The summed E-state index contributed by atoms with van der Waals surface area (Å²) in [6.45, 7) is -0.651. The molecule has 1 amide bonds. The van der Waals surface area contributed by atoms with Gasteiger partial charge in [-0.3, -0.25) is 19.6 Å². The number of nitrogens with one attached hydrogen (secondary N) is 2. The second kappa shape index (κ2) is 10.1. The van der Waals surface area contributed by atoms with E-state index in [0.717, 1.165) is 12.1 Å². The average Bonchev–Trinajstić information content (AvgIpc) is 2.79. The van der Waals surface area contributed by atoms with Crippen molar-refractivity contribution in [2.75, 3.05) is 16.6 Å². The van der Waals surface area contributed by atoms with Gasteiger partial charge >= 0.3 is 5.97 Å². The van der Waals surface area contributed by atoms with Crippen molar-refractivity contribution in [2.24, 2.45) is 0 Å². The minimum atomic E-state index is -3.85. The zero-order chi connectivity index (χ0) is 24.0. The molecule has 3 rings (SSSR count). The summed E-state index contributed by atoms with van der Waals surface area (Å²) in [5, 5.41) is 13.0. The van der Waals surface area contributed by atoms with E-state index in [0.29, 0.717) is 5.69 Å². The van der Waals surface area contributed by atoms with Gasteiger partial charge in [0, 0.05) is 17.8 Å². The van der Waals surface area contributed by atoms with Crippen LogP contribution in [0.5, 0.6) is 0 Å². The Morgan fingerprint density at radius 1 is 1.00 bits per heavy atom. The Kier molecular flexibility index (Phi) is 7.26. The fourth-order valence-electron chi connectivity index (χ4n) is 2.61. The highest BCUT2D eigenvalue weighted by atomic mass is 35.5. The van der Waals surface area contributed by atoms with Crippen molar-refractivity contribution in [3.63, 3.8) is 0 Å². The number of hydrogen-bond donors (Lipinski definition) is 2. The van der Waals surface area contributed by atoms with Crippen LogP contribution in [-0.4, -0.2) is 31.8 Å². The van der Waals surface area contributed by atoms with Crippen molar-refractivity contribution in [2.45, 2.75) is 4.90 Å². The van der Waals surface area contributed by atoms with Crippen molar-refractivity contribution in [3.8, 4) is 0 Å². The molecule has 2 N–H and O–H groups in total. The monoisotopic (exact) mass is 489 g/mol. The third kappa shape index (κ3) is 6.28. The van der Waals surface area contributed by atoms with Crippen LogP contribution < -0.4 is 10.0 Å². The zero-order valence-electron chi connectivity index (χ0n) is 16.7. The fraction of sp³-hybridized carbons (Fsp3) is 0.0476. The van der Waals surface area contributed by atoms with Crippen LogP contribution in [0.4, 0.5) is 17.1 Å². The van der Waals surface area contributed by atoms with Gasteiger partial charge in [-0.1, -0.05) is 29.8 Å². The van der Waals surface area contributed by atoms with E-state index in [1.54, 1.807) is 30.3 Å². The molecule has 0 aromatic heterocycles. The molecule has 0 fully saturated rings. The van der Waals surface area contributed by atoms with Gasteiger partial charge in [0.25, 0.3) is 21.6 Å². The molecule has 0 aliphatic carbocycles. The van der Waals surface area contributed by atoms with Gasteiger partial charge in [0.15, 0.2) is 6.61 Å². The van der Waals surface area contributed by atoms with Crippen molar-refractivity contribution < 1.29 is 27.7 Å². The van der Waals surface area contributed by atoms with Crippen LogP contribution in [0.15, 0.2) is 77.7 Å². The normalized spacial score (nSPS) is 10.8. The Bertz CT molecular complexity index is 1300. The third-order valence-electron chi connectivity index (χ3n) is 4.20.